The second kappa shape index (κ2) is 6.21. The summed E-state index contributed by atoms with van der Waals surface area (Å²) in [6, 6.07) is 0. The maximum atomic E-state index is 4.69. The number of rotatable bonds is 6. The summed E-state index contributed by atoms with van der Waals surface area (Å²) in [5.74, 6) is 0.639. The molecule has 3 heterocycles. The molecule has 0 amide bonds. The summed E-state index contributed by atoms with van der Waals surface area (Å²) < 4.78 is 7.12. The third kappa shape index (κ3) is 3.03. The Morgan fingerprint density at radius 2 is 2.35 bits per heavy atom. The van der Waals surface area contributed by atoms with E-state index >= 15 is 0 Å². The van der Waals surface area contributed by atoms with Gasteiger partial charge in [-0.1, -0.05) is 13.8 Å². The van der Waals surface area contributed by atoms with Gasteiger partial charge in [0.05, 0.1) is 5.69 Å². The van der Waals surface area contributed by atoms with E-state index in [2.05, 4.69) is 49.5 Å². The zero-order valence-corrected chi connectivity index (χ0v) is 13.7. The molecule has 0 aromatic carbocycles. The topological polar surface area (TPSA) is 55.1 Å². The van der Waals surface area contributed by atoms with Gasteiger partial charge in [0.2, 0.25) is 0 Å². The molecule has 0 aliphatic rings. The van der Waals surface area contributed by atoms with Crippen LogP contribution >= 0.6 is 34.6 Å². The van der Waals surface area contributed by atoms with Gasteiger partial charge < -0.3 is 5.32 Å². The number of fused-ring (bicyclic) bond motifs is 1. The summed E-state index contributed by atoms with van der Waals surface area (Å²) in [6.45, 7) is 6.23. The highest BCUT2D eigenvalue weighted by molar-refractivity contribution is 8.00. The van der Waals surface area contributed by atoms with Gasteiger partial charge in [-0.2, -0.15) is 4.37 Å². The highest BCUT2D eigenvalue weighted by Crippen LogP contribution is 2.32. The molecule has 0 fully saturated rings. The fourth-order valence-corrected chi connectivity index (χ4v) is 4.10. The molecule has 3 aromatic rings. The first-order valence-electron chi connectivity index (χ1n) is 6.33. The van der Waals surface area contributed by atoms with Crippen molar-refractivity contribution in [1.29, 1.82) is 0 Å². The molecular formula is C12H15N5S3. The van der Waals surface area contributed by atoms with Crippen molar-refractivity contribution in [3.63, 3.8) is 0 Å². The van der Waals surface area contributed by atoms with E-state index < -0.39 is 0 Å². The molecule has 3 aromatic heterocycles. The molecule has 106 valence electrons. The quantitative estimate of drug-likeness (QED) is 0.754. The molecule has 0 saturated heterocycles. The minimum atomic E-state index is 0.639. The molecule has 0 aliphatic carbocycles. The Kier molecular flexibility index (Phi) is 4.35. The lowest BCUT2D eigenvalue weighted by Gasteiger charge is -2.07. The van der Waals surface area contributed by atoms with Crippen LogP contribution in [0.15, 0.2) is 27.3 Å². The van der Waals surface area contributed by atoms with Crippen LogP contribution in [0.2, 0.25) is 0 Å². The van der Waals surface area contributed by atoms with Crippen LogP contribution in [0.5, 0.6) is 0 Å². The summed E-state index contributed by atoms with van der Waals surface area (Å²) in [4.78, 5) is 9.93. The lowest BCUT2D eigenvalue weighted by atomic mass is 10.2. The van der Waals surface area contributed by atoms with Crippen LogP contribution in [0.3, 0.4) is 0 Å². The molecule has 0 radical (unpaired) electrons. The monoisotopic (exact) mass is 325 g/mol. The van der Waals surface area contributed by atoms with Gasteiger partial charge in [0, 0.05) is 18.1 Å². The van der Waals surface area contributed by atoms with Crippen LogP contribution in [0.25, 0.3) is 4.96 Å². The van der Waals surface area contributed by atoms with Gasteiger partial charge >= 0.3 is 0 Å². The van der Waals surface area contributed by atoms with Crippen LogP contribution < -0.4 is 5.32 Å². The van der Waals surface area contributed by atoms with Gasteiger partial charge in [-0.15, -0.1) is 11.3 Å². The summed E-state index contributed by atoms with van der Waals surface area (Å²) in [6.07, 6.45) is 3.66. The molecule has 5 nitrogen and oxygen atoms in total. The molecule has 0 atom stereocenters. The molecule has 0 bridgehead atoms. The molecule has 0 saturated carbocycles. The van der Waals surface area contributed by atoms with Crippen molar-refractivity contribution in [1.82, 2.24) is 24.1 Å². The van der Waals surface area contributed by atoms with Crippen LogP contribution in [0.1, 0.15) is 19.5 Å². The Labute approximate surface area is 129 Å². The van der Waals surface area contributed by atoms with E-state index in [1.54, 1.807) is 29.4 Å². The van der Waals surface area contributed by atoms with E-state index in [4.69, 9.17) is 0 Å². The van der Waals surface area contributed by atoms with Gasteiger partial charge in [-0.05, 0) is 35.8 Å². The van der Waals surface area contributed by atoms with Crippen LogP contribution in [0, 0.1) is 5.92 Å². The second-order valence-electron chi connectivity index (χ2n) is 4.75. The molecule has 0 spiro atoms. The van der Waals surface area contributed by atoms with Crippen molar-refractivity contribution in [2.24, 2.45) is 5.92 Å². The minimum Gasteiger partial charge on any atom is -0.311 e. The first-order chi connectivity index (χ1) is 9.74. The lowest BCUT2D eigenvalue weighted by molar-refractivity contribution is 0.544. The summed E-state index contributed by atoms with van der Waals surface area (Å²) >= 11 is 4.65. The van der Waals surface area contributed by atoms with Gasteiger partial charge in [-0.25, -0.2) is 9.97 Å². The standard InChI is InChI=1S/C12H15N5S3/c1-8(2)5-13-6-9-10(19-12-14-7-15-20-12)16-11-17(9)3-4-18-11/h3-4,7-8,13H,5-6H2,1-2H3. The molecular weight excluding hydrogens is 310 g/mol. The number of hydrogen-bond acceptors (Lipinski definition) is 7. The van der Waals surface area contributed by atoms with Gasteiger partial charge in [-0.3, -0.25) is 4.40 Å². The Hall–Kier alpha value is -0.960. The maximum absolute atomic E-state index is 4.69. The highest BCUT2D eigenvalue weighted by Gasteiger charge is 2.15. The zero-order valence-electron chi connectivity index (χ0n) is 11.2. The molecule has 20 heavy (non-hydrogen) atoms. The van der Waals surface area contributed by atoms with E-state index in [1.807, 2.05) is 0 Å². The lowest BCUT2D eigenvalue weighted by Crippen LogP contribution is -2.20. The molecule has 0 unspecified atom stereocenters. The first-order valence-corrected chi connectivity index (χ1v) is 8.80. The Morgan fingerprint density at radius 3 is 3.10 bits per heavy atom. The van der Waals surface area contributed by atoms with Crippen LogP contribution in [-0.2, 0) is 6.54 Å². The van der Waals surface area contributed by atoms with Gasteiger partial charge in [0.1, 0.15) is 11.4 Å². The Morgan fingerprint density at radius 1 is 1.45 bits per heavy atom. The average Bonchev–Trinajstić information content (AvgIpc) is 3.09. The van der Waals surface area contributed by atoms with Crippen molar-refractivity contribution in [2.75, 3.05) is 6.54 Å². The summed E-state index contributed by atoms with van der Waals surface area (Å²) in [5, 5.41) is 6.57. The molecule has 3 rings (SSSR count). The number of imidazole rings is 1. The smallest absolute Gasteiger partial charge is 0.194 e. The summed E-state index contributed by atoms with van der Waals surface area (Å²) in [5.41, 5.74) is 1.20. The van der Waals surface area contributed by atoms with Crippen LogP contribution in [0.4, 0.5) is 0 Å². The van der Waals surface area contributed by atoms with Gasteiger partial charge in [0.25, 0.3) is 0 Å². The number of nitrogens with zero attached hydrogens (tertiary/aromatic N) is 4. The van der Waals surface area contributed by atoms with Crippen molar-refractivity contribution < 1.29 is 0 Å². The summed E-state index contributed by atoms with van der Waals surface area (Å²) in [7, 11) is 0. The fourth-order valence-electron chi connectivity index (χ4n) is 1.83. The van der Waals surface area contributed by atoms with E-state index in [1.165, 1.54) is 17.2 Å². The van der Waals surface area contributed by atoms with Crippen molar-refractivity contribution >= 4 is 39.6 Å². The van der Waals surface area contributed by atoms with E-state index in [0.717, 1.165) is 27.4 Å². The van der Waals surface area contributed by atoms with E-state index in [0.29, 0.717) is 5.92 Å². The third-order valence-electron chi connectivity index (χ3n) is 2.69. The first kappa shape index (κ1) is 14.0. The zero-order chi connectivity index (χ0) is 13.9. The SMILES string of the molecule is CC(C)CNCc1c(Sc2ncns2)nc2sccn12. The maximum Gasteiger partial charge on any atom is 0.194 e. The molecule has 1 N–H and O–H groups in total. The second-order valence-corrected chi connectivity index (χ2v) is 7.64. The van der Waals surface area contributed by atoms with E-state index in [-0.39, 0.29) is 0 Å². The van der Waals surface area contributed by atoms with Crippen molar-refractivity contribution in [3.05, 3.63) is 23.6 Å². The highest BCUT2D eigenvalue weighted by atomic mass is 32.2. The number of thiazole rings is 1. The predicted octanol–water partition coefficient (Wildman–Crippen LogP) is 3.14. The normalized spacial score (nSPS) is 11.8. The number of nitrogens with one attached hydrogen (secondary N) is 1. The number of hydrogen-bond donors (Lipinski definition) is 1. The van der Waals surface area contributed by atoms with Crippen molar-refractivity contribution in [2.45, 2.75) is 29.8 Å². The predicted molar refractivity (Wildman–Crippen MR) is 83.6 cm³/mol. The number of aromatic nitrogens is 4. The molecule has 8 heteroatoms. The van der Waals surface area contributed by atoms with E-state index in [9.17, 15) is 0 Å². The Balaban J connectivity index is 1.84. The van der Waals surface area contributed by atoms with Crippen molar-refractivity contribution in [3.8, 4) is 0 Å². The fraction of sp³-hybridized carbons (Fsp3) is 0.417. The van der Waals surface area contributed by atoms with Crippen LogP contribution in [-0.4, -0.2) is 25.3 Å². The average molecular weight is 325 g/mol. The largest absolute Gasteiger partial charge is 0.311 e. The Bertz CT molecular complexity index is 670. The molecule has 0 aliphatic heterocycles. The van der Waals surface area contributed by atoms with Gasteiger partial charge in [0.15, 0.2) is 9.30 Å². The minimum absolute atomic E-state index is 0.639. The third-order valence-corrected chi connectivity index (χ3v) is 5.19.